The van der Waals surface area contributed by atoms with Crippen molar-refractivity contribution in [2.24, 2.45) is 0 Å². The fourth-order valence-electron chi connectivity index (χ4n) is 4.57. The third-order valence-electron chi connectivity index (χ3n) is 5.97. The molecule has 0 radical (unpaired) electrons. The van der Waals surface area contributed by atoms with Gasteiger partial charge in [0.05, 0.1) is 6.61 Å². The van der Waals surface area contributed by atoms with E-state index in [9.17, 15) is 4.39 Å². The molecule has 1 fully saturated rings. The predicted molar refractivity (Wildman–Crippen MR) is 102 cm³/mol. The number of fused-ring (bicyclic) bond motifs is 1. The van der Waals surface area contributed by atoms with Crippen LogP contribution in [-0.4, -0.2) is 54.2 Å². The molecule has 0 spiro atoms. The van der Waals surface area contributed by atoms with E-state index in [1.165, 1.54) is 22.3 Å². The Morgan fingerprint density at radius 3 is 2.42 bits per heavy atom. The van der Waals surface area contributed by atoms with E-state index in [1.807, 2.05) is 12.1 Å². The van der Waals surface area contributed by atoms with Crippen molar-refractivity contribution in [3.63, 3.8) is 0 Å². The molecule has 1 heterocycles. The SMILES string of the molecule is Cc1ccc2c(c1)[C@H](c1ccc(F)cc1)C[C@H]2N1CCN(CCO)CC1. The molecule has 1 saturated heterocycles. The molecule has 2 aromatic rings. The van der Waals surface area contributed by atoms with Crippen molar-refractivity contribution in [2.45, 2.75) is 25.3 Å². The minimum atomic E-state index is -0.173. The van der Waals surface area contributed by atoms with E-state index in [0.717, 1.165) is 39.1 Å². The summed E-state index contributed by atoms with van der Waals surface area (Å²) in [4.78, 5) is 4.92. The molecule has 138 valence electrons. The summed E-state index contributed by atoms with van der Waals surface area (Å²) in [5.41, 5.74) is 5.32. The number of nitrogens with zero attached hydrogens (tertiary/aromatic N) is 2. The maximum atomic E-state index is 13.4. The molecule has 1 aliphatic carbocycles. The van der Waals surface area contributed by atoms with E-state index in [1.54, 1.807) is 12.1 Å². The summed E-state index contributed by atoms with van der Waals surface area (Å²) in [5, 5.41) is 9.15. The minimum Gasteiger partial charge on any atom is -0.395 e. The molecule has 3 nitrogen and oxygen atoms in total. The highest BCUT2D eigenvalue weighted by Crippen LogP contribution is 2.47. The van der Waals surface area contributed by atoms with Crippen molar-refractivity contribution in [3.05, 3.63) is 70.5 Å². The summed E-state index contributed by atoms with van der Waals surface area (Å²) in [5.74, 6) is 0.165. The van der Waals surface area contributed by atoms with Gasteiger partial charge in [0.1, 0.15) is 5.82 Å². The first-order chi connectivity index (χ1) is 12.7. The fraction of sp³-hybridized carbons (Fsp3) is 0.455. The van der Waals surface area contributed by atoms with Gasteiger partial charge in [-0.2, -0.15) is 0 Å². The van der Waals surface area contributed by atoms with Gasteiger partial charge in [0.2, 0.25) is 0 Å². The second kappa shape index (κ2) is 7.47. The largest absolute Gasteiger partial charge is 0.395 e. The molecule has 1 aliphatic heterocycles. The normalized spacial score (nSPS) is 24.0. The summed E-state index contributed by atoms with van der Waals surface area (Å²) in [6.45, 7) is 7.24. The van der Waals surface area contributed by atoms with Crippen LogP contribution in [-0.2, 0) is 0 Å². The van der Waals surface area contributed by atoms with Gasteiger partial charge >= 0.3 is 0 Å². The maximum Gasteiger partial charge on any atom is 0.123 e. The van der Waals surface area contributed by atoms with Crippen LogP contribution in [0.5, 0.6) is 0 Å². The molecular formula is C22H27FN2O. The van der Waals surface area contributed by atoms with E-state index in [-0.39, 0.29) is 12.4 Å². The first-order valence-corrected chi connectivity index (χ1v) is 9.59. The quantitative estimate of drug-likeness (QED) is 0.912. The van der Waals surface area contributed by atoms with Crippen molar-refractivity contribution in [1.29, 1.82) is 0 Å². The summed E-state index contributed by atoms with van der Waals surface area (Å²) >= 11 is 0. The number of rotatable bonds is 4. The fourth-order valence-corrected chi connectivity index (χ4v) is 4.57. The molecule has 4 rings (SSSR count). The van der Waals surface area contributed by atoms with Gasteiger partial charge in [0.15, 0.2) is 0 Å². The molecule has 0 unspecified atom stereocenters. The first kappa shape index (κ1) is 17.7. The molecule has 4 heteroatoms. The second-order valence-electron chi connectivity index (χ2n) is 7.59. The van der Waals surface area contributed by atoms with Crippen LogP contribution in [0.1, 0.15) is 40.6 Å². The zero-order chi connectivity index (χ0) is 18.1. The molecule has 0 saturated carbocycles. The van der Waals surface area contributed by atoms with Gasteiger partial charge in [-0.15, -0.1) is 0 Å². The molecule has 1 N–H and O–H groups in total. The van der Waals surface area contributed by atoms with Crippen LogP contribution in [0.2, 0.25) is 0 Å². The monoisotopic (exact) mass is 354 g/mol. The third-order valence-corrected chi connectivity index (χ3v) is 5.97. The van der Waals surface area contributed by atoms with E-state index < -0.39 is 0 Å². The first-order valence-electron chi connectivity index (χ1n) is 9.59. The van der Waals surface area contributed by atoms with Crippen LogP contribution in [0.4, 0.5) is 4.39 Å². The lowest BCUT2D eigenvalue weighted by Gasteiger charge is -2.38. The van der Waals surface area contributed by atoms with E-state index in [4.69, 9.17) is 5.11 Å². The van der Waals surface area contributed by atoms with E-state index >= 15 is 0 Å². The Labute approximate surface area is 155 Å². The number of aryl methyl sites for hydroxylation is 1. The number of aliphatic hydroxyl groups excluding tert-OH is 1. The highest BCUT2D eigenvalue weighted by atomic mass is 19.1. The number of piperazine rings is 1. The van der Waals surface area contributed by atoms with Crippen LogP contribution < -0.4 is 0 Å². The number of benzene rings is 2. The summed E-state index contributed by atoms with van der Waals surface area (Å²) in [7, 11) is 0. The molecular weight excluding hydrogens is 327 g/mol. The van der Waals surface area contributed by atoms with Crippen LogP contribution >= 0.6 is 0 Å². The molecule has 0 aromatic heterocycles. The van der Waals surface area contributed by atoms with Crippen LogP contribution in [0.15, 0.2) is 42.5 Å². The lowest BCUT2D eigenvalue weighted by Crippen LogP contribution is -2.48. The van der Waals surface area contributed by atoms with Gasteiger partial charge in [-0.05, 0) is 42.2 Å². The predicted octanol–water partition coefficient (Wildman–Crippen LogP) is 3.32. The number of aliphatic hydroxyl groups is 1. The van der Waals surface area contributed by atoms with Gasteiger partial charge in [-0.1, -0.05) is 35.9 Å². The van der Waals surface area contributed by atoms with Crippen molar-refractivity contribution in [1.82, 2.24) is 9.80 Å². The Morgan fingerprint density at radius 1 is 1.00 bits per heavy atom. The molecule has 2 aromatic carbocycles. The highest BCUT2D eigenvalue weighted by Gasteiger charge is 2.36. The molecule has 2 aliphatic rings. The summed E-state index contributed by atoms with van der Waals surface area (Å²) in [6, 6.07) is 14.3. The van der Waals surface area contributed by atoms with E-state index in [2.05, 4.69) is 34.9 Å². The molecule has 0 amide bonds. The Hall–Kier alpha value is -1.75. The van der Waals surface area contributed by atoms with Crippen molar-refractivity contribution in [2.75, 3.05) is 39.3 Å². The standard InChI is InChI=1S/C22H27FN2O/c1-16-2-7-19-21(14-16)20(17-3-5-18(23)6-4-17)15-22(19)25-10-8-24(9-11-25)12-13-26/h2-7,14,20,22,26H,8-13,15H2,1H3/t20-,22+/m0/s1. The summed E-state index contributed by atoms with van der Waals surface area (Å²) in [6.07, 6.45) is 1.06. The lowest BCUT2D eigenvalue weighted by molar-refractivity contribution is 0.0827. The smallest absolute Gasteiger partial charge is 0.123 e. The number of hydrogen-bond donors (Lipinski definition) is 1. The van der Waals surface area contributed by atoms with E-state index in [0.29, 0.717) is 12.0 Å². The van der Waals surface area contributed by atoms with Crippen molar-refractivity contribution in [3.8, 4) is 0 Å². The summed E-state index contributed by atoms with van der Waals surface area (Å²) < 4.78 is 13.4. The zero-order valence-corrected chi connectivity index (χ0v) is 15.4. The van der Waals surface area contributed by atoms with Crippen LogP contribution in [0, 0.1) is 12.7 Å². The maximum absolute atomic E-state index is 13.4. The topological polar surface area (TPSA) is 26.7 Å². The van der Waals surface area contributed by atoms with Crippen LogP contribution in [0.25, 0.3) is 0 Å². The molecule has 26 heavy (non-hydrogen) atoms. The van der Waals surface area contributed by atoms with Gasteiger partial charge in [-0.25, -0.2) is 4.39 Å². The van der Waals surface area contributed by atoms with Gasteiger partial charge in [-0.3, -0.25) is 9.80 Å². The average molecular weight is 354 g/mol. The Kier molecular flexibility index (Phi) is 5.07. The van der Waals surface area contributed by atoms with Crippen LogP contribution in [0.3, 0.4) is 0 Å². The minimum absolute atomic E-state index is 0.173. The Bertz CT molecular complexity index is 753. The average Bonchev–Trinajstić information content (AvgIpc) is 3.02. The van der Waals surface area contributed by atoms with Gasteiger partial charge in [0, 0.05) is 44.7 Å². The molecule has 0 bridgehead atoms. The third kappa shape index (κ3) is 3.41. The zero-order valence-electron chi connectivity index (χ0n) is 15.4. The number of halogens is 1. The highest BCUT2D eigenvalue weighted by molar-refractivity contribution is 5.46. The van der Waals surface area contributed by atoms with Crippen molar-refractivity contribution >= 4 is 0 Å². The lowest BCUT2D eigenvalue weighted by atomic mass is 9.92. The Morgan fingerprint density at radius 2 is 1.73 bits per heavy atom. The second-order valence-corrected chi connectivity index (χ2v) is 7.59. The Balaban J connectivity index is 1.59. The van der Waals surface area contributed by atoms with Gasteiger partial charge in [0.25, 0.3) is 0 Å². The van der Waals surface area contributed by atoms with Crippen molar-refractivity contribution < 1.29 is 9.50 Å². The molecule has 2 atom stereocenters. The number of hydrogen-bond acceptors (Lipinski definition) is 3. The number of β-amino-alcohol motifs (C(OH)–C–C–N with tert-alkyl or cyclic N) is 1. The van der Waals surface area contributed by atoms with Gasteiger partial charge < -0.3 is 5.11 Å².